The largest absolute Gasteiger partial charge is 0.366 e. The van der Waals surface area contributed by atoms with E-state index in [2.05, 4.69) is 4.98 Å². The van der Waals surface area contributed by atoms with Crippen LogP contribution in [-0.4, -0.2) is 42.1 Å². The van der Waals surface area contributed by atoms with Gasteiger partial charge in [-0.05, 0) is 43.7 Å². The summed E-state index contributed by atoms with van der Waals surface area (Å²) in [4.78, 5) is 25.1. The van der Waals surface area contributed by atoms with Gasteiger partial charge in [0.05, 0.1) is 11.4 Å². The van der Waals surface area contributed by atoms with E-state index in [0.717, 1.165) is 16.7 Å². The lowest BCUT2D eigenvalue weighted by molar-refractivity contribution is 0.0995. The number of hydrogen-bond acceptors (Lipinski definition) is 5. The van der Waals surface area contributed by atoms with Crippen LogP contribution in [0.15, 0.2) is 48.5 Å². The highest BCUT2D eigenvalue weighted by Gasteiger charge is 2.23. The topological polar surface area (TPSA) is 75.4 Å². The molecule has 3 aromatic rings. The van der Waals surface area contributed by atoms with Crippen molar-refractivity contribution in [1.29, 1.82) is 0 Å². The summed E-state index contributed by atoms with van der Waals surface area (Å²) in [5, 5.41) is 0. The van der Waals surface area contributed by atoms with E-state index in [9.17, 15) is 9.18 Å². The van der Waals surface area contributed by atoms with Crippen LogP contribution in [0.3, 0.4) is 0 Å². The number of aryl methyl sites for hydroxylation is 2. The molecule has 1 fully saturated rings. The Balaban J connectivity index is 1.63. The molecule has 1 saturated heterocycles. The Morgan fingerprint density at radius 1 is 0.967 bits per heavy atom. The monoisotopic (exact) mass is 405 g/mol. The number of rotatable bonds is 4. The second-order valence-corrected chi connectivity index (χ2v) is 7.55. The van der Waals surface area contributed by atoms with Gasteiger partial charge in [0, 0.05) is 31.7 Å². The van der Waals surface area contributed by atoms with Crippen molar-refractivity contribution in [2.45, 2.75) is 13.8 Å². The van der Waals surface area contributed by atoms with Crippen LogP contribution in [0, 0.1) is 19.7 Å². The number of para-hydroxylation sites is 1. The van der Waals surface area contributed by atoms with Gasteiger partial charge in [0.2, 0.25) is 5.95 Å². The van der Waals surface area contributed by atoms with Crippen LogP contribution >= 0.6 is 0 Å². The molecule has 30 heavy (non-hydrogen) atoms. The number of halogens is 1. The Morgan fingerprint density at radius 3 is 2.37 bits per heavy atom. The molecular formula is C23H24FN5O. The summed E-state index contributed by atoms with van der Waals surface area (Å²) in [5.74, 6) is -0.347. The first kappa shape index (κ1) is 19.8. The number of aromatic nitrogens is 2. The molecule has 1 amide bonds. The number of nitrogens with two attached hydrogens (primary N) is 1. The van der Waals surface area contributed by atoms with Crippen molar-refractivity contribution in [2.24, 2.45) is 5.73 Å². The lowest BCUT2D eigenvalue weighted by Gasteiger charge is -2.36. The Labute approximate surface area is 175 Å². The molecule has 2 heterocycles. The second kappa shape index (κ2) is 8.10. The van der Waals surface area contributed by atoms with Gasteiger partial charge in [0.25, 0.3) is 5.91 Å². The van der Waals surface area contributed by atoms with Crippen LogP contribution in [-0.2, 0) is 0 Å². The molecule has 0 spiro atoms. The lowest BCUT2D eigenvalue weighted by Crippen LogP contribution is -2.47. The van der Waals surface area contributed by atoms with Crippen molar-refractivity contribution in [3.05, 3.63) is 71.2 Å². The molecule has 0 atom stereocenters. The highest BCUT2D eigenvalue weighted by Crippen LogP contribution is 2.26. The molecule has 0 radical (unpaired) electrons. The first-order valence-corrected chi connectivity index (χ1v) is 9.93. The Hall–Kier alpha value is -3.48. The summed E-state index contributed by atoms with van der Waals surface area (Å²) in [6, 6.07) is 14.5. The van der Waals surface area contributed by atoms with E-state index >= 15 is 0 Å². The molecule has 1 aliphatic rings. The fraction of sp³-hybridized carbons (Fsp3) is 0.261. The molecule has 0 saturated carbocycles. The molecular weight excluding hydrogens is 381 g/mol. The number of hydrogen-bond donors (Lipinski definition) is 1. The number of anilines is 2. The maximum absolute atomic E-state index is 14.1. The minimum atomic E-state index is -0.588. The van der Waals surface area contributed by atoms with E-state index in [0.29, 0.717) is 43.5 Å². The standard InChI is InChI=1S/C23H24FN5O/c1-15-7-8-16(2)17(13-15)19-14-20(22(25)30)27-23(26-19)29-11-9-28(10-12-29)21-6-4-3-5-18(21)24/h3-8,13-14H,9-12H2,1-2H3,(H2,25,30). The summed E-state index contributed by atoms with van der Waals surface area (Å²) < 4.78 is 14.1. The fourth-order valence-corrected chi connectivity index (χ4v) is 3.71. The number of piperazine rings is 1. The van der Waals surface area contributed by atoms with E-state index in [-0.39, 0.29) is 11.5 Å². The average molecular weight is 405 g/mol. The first-order valence-electron chi connectivity index (χ1n) is 9.93. The molecule has 1 aromatic heterocycles. The minimum Gasteiger partial charge on any atom is -0.366 e. The van der Waals surface area contributed by atoms with Crippen LogP contribution in [0.1, 0.15) is 21.6 Å². The zero-order valence-corrected chi connectivity index (χ0v) is 17.1. The Morgan fingerprint density at radius 2 is 1.67 bits per heavy atom. The van der Waals surface area contributed by atoms with E-state index in [4.69, 9.17) is 10.7 Å². The van der Waals surface area contributed by atoms with Crippen molar-refractivity contribution in [3.63, 3.8) is 0 Å². The van der Waals surface area contributed by atoms with E-state index in [1.807, 2.05) is 47.9 Å². The van der Waals surface area contributed by atoms with Gasteiger partial charge in [-0.25, -0.2) is 14.4 Å². The quantitative estimate of drug-likeness (QED) is 0.721. The molecule has 1 aliphatic heterocycles. The third-order valence-corrected chi connectivity index (χ3v) is 5.39. The fourth-order valence-electron chi connectivity index (χ4n) is 3.71. The maximum atomic E-state index is 14.1. The number of primary amides is 1. The number of carbonyl (C=O) groups is 1. The summed E-state index contributed by atoms with van der Waals surface area (Å²) in [5.41, 5.74) is 10.1. The molecule has 154 valence electrons. The lowest BCUT2D eigenvalue weighted by atomic mass is 10.0. The summed E-state index contributed by atoms with van der Waals surface area (Å²) in [6.07, 6.45) is 0. The van der Waals surface area contributed by atoms with Crippen LogP contribution in [0.5, 0.6) is 0 Å². The van der Waals surface area contributed by atoms with Gasteiger partial charge in [-0.15, -0.1) is 0 Å². The molecule has 7 heteroatoms. The SMILES string of the molecule is Cc1ccc(C)c(-c2cc(C(N)=O)nc(N3CCN(c4ccccc4F)CC3)n2)c1. The Bertz CT molecular complexity index is 1090. The molecule has 4 rings (SSSR count). The van der Waals surface area contributed by atoms with Gasteiger partial charge in [0.1, 0.15) is 11.5 Å². The minimum absolute atomic E-state index is 0.187. The predicted molar refractivity (Wildman–Crippen MR) is 116 cm³/mol. The first-order chi connectivity index (χ1) is 14.4. The summed E-state index contributed by atoms with van der Waals surface area (Å²) >= 11 is 0. The van der Waals surface area contributed by atoms with E-state index in [1.165, 1.54) is 6.07 Å². The molecule has 0 bridgehead atoms. The molecule has 2 aromatic carbocycles. The molecule has 2 N–H and O–H groups in total. The zero-order valence-electron chi connectivity index (χ0n) is 17.1. The normalized spacial score (nSPS) is 14.1. The van der Waals surface area contributed by atoms with Gasteiger partial charge in [0.15, 0.2) is 0 Å². The van der Waals surface area contributed by atoms with Crippen LogP contribution in [0.2, 0.25) is 0 Å². The Kier molecular flexibility index (Phi) is 5.35. The number of nitrogens with zero attached hydrogens (tertiary/aromatic N) is 4. The van der Waals surface area contributed by atoms with Gasteiger partial charge in [-0.3, -0.25) is 4.79 Å². The molecule has 0 unspecified atom stereocenters. The highest BCUT2D eigenvalue weighted by molar-refractivity contribution is 5.92. The average Bonchev–Trinajstić information content (AvgIpc) is 2.75. The van der Waals surface area contributed by atoms with E-state index in [1.54, 1.807) is 18.2 Å². The maximum Gasteiger partial charge on any atom is 0.267 e. The number of benzene rings is 2. The van der Waals surface area contributed by atoms with Gasteiger partial charge in [-0.1, -0.05) is 29.8 Å². The van der Waals surface area contributed by atoms with Crippen LogP contribution in [0.4, 0.5) is 16.0 Å². The van der Waals surface area contributed by atoms with Crippen LogP contribution in [0.25, 0.3) is 11.3 Å². The van der Waals surface area contributed by atoms with E-state index < -0.39 is 5.91 Å². The summed E-state index contributed by atoms with van der Waals surface area (Å²) in [7, 11) is 0. The van der Waals surface area contributed by atoms with Crippen molar-refractivity contribution in [1.82, 2.24) is 9.97 Å². The van der Waals surface area contributed by atoms with Crippen molar-refractivity contribution in [2.75, 3.05) is 36.0 Å². The van der Waals surface area contributed by atoms with Crippen molar-refractivity contribution < 1.29 is 9.18 Å². The van der Waals surface area contributed by atoms with Gasteiger partial charge < -0.3 is 15.5 Å². The van der Waals surface area contributed by atoms with Crippen LogP contribution < -0.4 is 15.5 Å². The van der Waals surface area contributed by atoms with Gasteiger partial charge >= 0.3 is 0 Å². The van der Waals surface area contributed by atoms with Gasteiger partial charge in [-0.2, -0.15) is 0 Å². The third kappa shape index (κ3) is 3.96. The smallest absolute Gasteiger partial charge is 0.267 e. The molecule has 6 nitrogen and oxygen atoms in total. The number of carbonyl (C=O) groups excluding carboxylic acids is 1. The highest BCUT2D eigenvalue weighted by atomic mass is 19.1. The third-order valence-electron chi connectivity index (χ3n) is 5.39. The van der Waals surface area contributed by atoms with Crippen molar-refractivity contribution >= 4 is 17.5 Å². The second-order valence-electron chi connectivity index (χ2n) is 7.55. The zero-order chi connectivity index (χ0) is 21.3. The molecule has 0 aliphatic carbocycles. The number of amides is 1. The predicted octanol–water partition coefficient (Wildman–Crippen LogP) is 3.33. The van der Waals surface area contributed by atoms with Crippen molar-refractivity contribution in [3.8, 4) is 11.3 Å². The summed E-state index contributed by atoms with van der Waals surface area (Å²) in [6.45, 7) is 6.51.